The third-order valence-corrected chi connectivity index (χ3v) is 6.58. The maximum atomic E-state index is 13.2. The largest absolute Gasteiger partial charge is 0.481 e. The van der Waals surface area contributed by atoms with Crippen LogP contribution in [0.5, 0.6) is 0 Å². The minimum Gasteiger partial charge on any atom is -0.481 e. The number of carbonyl (C=O) groups is 3. The van der Waals surface area contributed by atoms with E-state index in [1.165, 1.54) is 0 Å². The monoisotopic (exact) mass is 425 g/mol. The molecule has 2 heterocycles. The number of carboxylic acid groups (broad SMARTS) is 1. The molecule has 3 rings (SSSR count). The van der Waals surface area contributed by atoms with E-state index < -0.39 is 17.9 Å². The Bertz CT molecular complexity index is 874. The topological polar surface area (TPSA) is 102 Å². The van der Waals surface area contributed by atoms with Crippen molar-refractivity contribution in [2.45, 2.75) is 52.5 Å². The Morgan fingerprint density at radius 1 is 1.06 bits per heavy atom. The molecule has 166 valence electrons. The Morgan fingerprint density at radius 2 is 1.68 bits per heavy atom. The van der Waals surface area contributed by atoms with Gasteiger partial charge in [-0.1, -0.05) is 20.8 Å². The van der Waals surface area contributed by atoms with Crippen LogP contribution in [0.3, 0.4) is 0 Å². The number of hydrogen-bond acceptors (Lipinski definition) is 4. The molecular formula is C24H31N3O4. The molecule has 7 heteroatoms. The predicted molar refractivity (Wildman–Crippen MR) is 115 cm³/mol. The highest BCUT2D eigenvalue weighted by atomic mass is 16.4. The molecule has 0 spiro atoms. The molecule has 1 aromatic rings. The second-order valence-corrected chi connectivity index (χ2v) is 9.69. The van der Waals surface area contributed by atoms with Gasteiger partial charge < -0.3 is 14.9 Å². The molecule has 7 nitrogen and oxygen atoms in total. The third-order valence-electron chi connectivity index (χ3n) is 6.58. The van der Waals surface area contributed by atoms with Crippen LogP contribution in [-0.4, -0.2) is 58.4 Å². The molecule has 0 bridgehead atoms. The average Bonchev–Trinajstić information content (AvgIpc) is 3.22. The Hall–Kier alpha value is -2.88. The van der Waals surface area contributed by atoms with E-state index in [2.05, 4.69) is 0 Å². The zero-order valence-corrected chi connectivity index (χ0v) is 18.5. The van der Waals surface area contributed by atoms with Gasteiger partial charge in [-0.25, -0.2) is 0 Å². The minimum absolute atomic E-state index is 0.0411. The van der Waals surface area contributed by atoms with Crippen LogP contribution in [0.2, 0.25) is 0 Å². The van der Waals surface area contributed by atoms with Crippen molar-refractivity contribution in [1.82, 2.24) is 9.80 Å². The SMILES string of the molecule is CC(C)(C)C(C(=O)O)C1CCN(C(=O)[C@H]2CCCN2C(=O)c2ccc(C#N)cc2)CC1. The number of piperidine rings is 1. The number of nitriles is 1. The summed E-state index contributed by atoms with van der Waals surface area (Å²) in [6, 6.07) is 8.04. The Balaban J connectivity index is 1.65. The van der Waals surface area contributed by atoms with E-state index in [4.69, 9.17) is 5.26 Å². The molecule has 2 atom stereocenters. The summed E-state index contributed by atoms with van der Waals surface area (Å²) < 4.78 is 0. The lowest BCUT2D eigenvalue weighted by atomic mass is 9.70. The molecule has 2 aliphatic heterocycles. The van der Waals surface area contributed by atoms with Crippen LogP contribution in [0.25, 0.3) is 0 Å². The number of rotatable bonds is 4. The van der Waals surface area contributed by atoms with Gasteiger partial charge in [0.05, 0.1) is 17.6 Å². The summed E-state index contributed by atoms with van der Waals surface area (Å²) in [5.74, 6) is -1.39. The zero-order chi connectivity index (χ0) is 22.8. The van der Waals surface area contributed by atoms with E-state index in [1.807, 2.05) is 26.8 Å². The second-order valence-electron chi connectivity index (χ2n) is 9.69. The van der Waals surface area contributed by atoms with Gasteiger partial charge in [0.1, 0.15) is 6.04 Å². The van der Waals surface area contributed by atoms with Gasteiger partial charge in [0, 0.05) is 25.2 Å². The molecule has 1 unspecified atom stereocenters. The quantitative estimate of drug-likeness (QED) is 0.798. The summed E-state index contributed by atoms with van der Waals surface area (Å²) in [7, 11) is 0. The van der Waals surface area contributed by atoms with Crippen LogP contribution in [0.15, 0.2) is 24.3 Å². The molecular weight excluding hydrogens is 394 g/mol. The van der Waals surface area contributed by atoms with Gasteiger partial charge >= 0.3 is 5.97 Å². The normalized spacial score (nSPS) is 20.9. The van der Waals surface area contributed by atoms with Gasteiger partial charge in [-0.05, 0) is 61.3 Å². The Labute approximate surface area is 183 Å². The lowest BCUT2D eigenvalue weighted by Gasteiger charge is -2.40. The van der Waals surface area contributed by atoms with E-state index in [-0.39, 0.29) is 23.1 Å². The van der Waals surface area contributed by atoms with Gasteiger partial charge in [0.25, 0.3) is 5.91 Å². The van der Waals surface area contributed by atoms with Crippen LogP contribution in [0.4, 0.5) is 0 Å². The van der Waals surface area contributed by atoms with Crippen LogP contribution < -0.4 is 0 Å². The Kier molecular flexibility index (Phi) is 6.68. The fourth-order valence-corrected chi connectivity index (χ4v) is 5.06. The fraction of sp³-hybridized carbons (Fsp3) is 0.583. The first kappa shape index (κ1) is 22.8. The van der Waals surface area contributed by atoms with Crippen molar-refractivity contribution in [3.8, 4) is 6.07 Å². The highest BCUT2D eigenvalue weighted by molar-refractivity contribution is 5.98. The van der Waals surface area contributed by atoms with Crippen molar-refractivity contribution < 1.29 is 19.5 Å². The van der Waals surface area contributed by atoms with Crippen molar-refractivity contribution in [3.05, 3.63) is 35.4 Å². The highest BCUT2D eigenvalue weighted by Crippen LogP contribution is 2.38. The summed E-state index contributed by atoms with van der Waals surface area (Å²) in [6.45, 7) is 7.45. The third kappa shape index (κ3) is 4.90. The first-order valence-electron chi connectivity index (χ1n) is 11.0. The number of carboxylic acids is 1. The standard InChI is InChI=1S/C24H31N3O4/c1-24(2,3)20(23(30)31)17-10-13-26(14-11-17)22(29)19-5-4-12-27(19)21(28)18-8-6-16(15-25)7-9-18/h6-9,17,19-20H,4-5,10-14H2,1-3H3,(H,30,31)/t19-,20?/m1/s1. The summed E-state index contributed by atoms with van der Waals surface area (Å²) in [4.78, 5) is 41.5. The van der Waals surface area contributed by atoms with E-state index in [0.717, 1.165) is 6.42 Å². The summed E-state index contributed by atoms with van der Waals surface area (Å²) in [6.07, 6.45) is 2.74. The summed E-state index contributed by atoms with van der Waals surface area (Å²) in [5, 5.41) is 18.6. The van der Waals surface area contributed by atoms with Gasteiger partial charge in [-0.15, -0.1) is 0 Å². The second kappa shape index (κ2) is 9.09. The molecule has 0 saturated carbocycles. The van der Waals surface area contributed by atoms with Crippen molar-refractivity contribution in [1.29, 1.82) is 5.26 Å². The van der Waals surface area contributed by atoms with Gasteiger partial charge in [0.2, 0.25) is 5.91 Å². The van der Waals surface area contributed by atoms with E-state index in [0.29, 0.717) is 50.0 Å². The molecule has 2 saturated heterocycles. The molecule has 0 radical (unpaired) electrons. The average molecular weight is 426 g/mol. The molecule has 2 aliphatic rings. The fourth-order valence-electron chi connectivity index (χ4n) is 5.06. The van der Waals surface area contributed by atoms with E-state index in [9.17, 15) is 19.5 Å². The van der Waals surface area contributed by atoms with Crippen LogP contribution in [0, 0.1) is 28.6 Å². The first-order chi connectivity index (χ1) is 14.6. The number of amides is 2. The molecule has 0 aromatic heterocycles. The van der Waals surface area contributed by atoms with Gasteiger partial charge in [-0.2, -0.15) is 5.26 Å². The number of benzene rings is 1. The Morgan fingerprint density at radius 3 is 2.19 bits per heavy atom. The predicted octanol–water partition coefficient (Wildman–Crippen LogP) is 3.15. The molecule has 2 amide bonds. The van der Waals surface area contributed by atoms with E-state index >= 15 is 0 Å². The van der Waals surface area contributed by atoms with Crippen molar-refractivity contribution in [3.63, 3.8) is 0 Å². The molecule has 1 aromatic carbocycles. The molecule has 31 heavy (non-hydrogen) atoms. The number of aliphatic carboxylic acids is 1. The summed E-state index contributed by atoms with van der Waals surface area (Å²) in [5.41, 5.74) is 0.633. The maximum absolute atomic E-state index is 13.2. The van der Waals surface area contributed by atoms with Crippen molar-refractivity contribution in [2.75, 3.05) is 19.6 Å². The lowest BCUT2D eigenvalue weighted by Crippen LogP contribution is -2.51. The van der Waals surface area contributed by atoms with Crippen LogP contribution >= 0.6 is 0 Å². The lowest BCUT2D eigenvalue weighted by molar-refractivity contribution is -0.149. The number of likely N-dealkylation sites (tertiary alicyclic amines) is 2. The van der Waals surface area contributed by atoms with Crippen LogP contribution in [0.1, 0.15) is 62.4 Å². The van der Waals surface area contributed by atoms with Gasteiger partial charge in [0.15, 0.2) is 0 Å². The first-order valence-corrected chi connectivity index (χ1v) is 11.0. The van der Waals surface area contributed by atoms with Gasteiger partial charge in [-0.3, -0.25) is 14.4 Å². The zero-order valence-electron chi connectivity index (χ0n) is 18.5. The molecule has 2 fully saturated rings. The maximum Gasteiger partial charge on any atom is 0.307 e. The van der Waals surface area contributed by atoms with Crippen molar-refractivity contribution in [2.24, 2.45) is 17.3 Å². The van der Waals surface area contributed by atoms with Crippen molar-refractivity contribution >= 4 is 17.8 Å². The minimum atomic E-state index is -0.771. The summed E-state index contributed by atoms with van der Waals surface area (Å²) >= 11 is 0. The van der Waals surface area contributed by atoms with E-state index in [1.54, 1.807) is 34.1 Å². The van der Waals surface area contributed by atoms with Crippen LogP contribution in [-0.2, 0) is 9.59 Å². The smallest absolute Gasteiger partial charge is 0.307 e. The highest BCUT2D eigenvalue weighted by Gasteiger charge is 2.42. The number of hydrogen-bond donors (Lipinski definition) is 1. The molecule has 1 N–H and O–H groups in total. The number of carbonyl (C=O) groups excluding carboxylic acids is 2. The molecule has 0 aliphatic carbocycles. The number of nitrogens with zero attached hydrogens (tertiary/aromatic N) is 3.